The lowest BCUT2D eigenvalue weighted by Crippen LogP contribution is -2.07. The first-order chi connectivity index (χ1) is 9.29. The fourth-order valence-electron chi connectivity index (χ4n) is 1.86. The molecule has 98 valence electrons. The van der Waals surface area contributed by atoms with Gasteiger partial charge in [-0.15, -0.1) is 0 Å². The van der Waals surface area contributed by atoms with Crippen LogP contribution in [0.5, 0.6) is 0 Å². The number of ether oxygens (including phenoxy) is 1. The van der Waals surface area contributed by atoms with Crippen LogP contribution in [0.25, 0.3) is 0 Å². The number of carbonyl (C=O) groups excluding carboxylic acids is 1. The predicted octanol–water partition coefficient (Wildman–Crippen LogP) is 3.65. The van der Waals surface area contributed by atoms with Gasteiger partial charge in [-0.25, -0.2) is 4.79 Å². The summed E-state index contributed by atoms with van der Waals surface area (Å²) in [4.78, 5) is 11.7. The van der Waals surface area contributed by atoms with Crippen LogP contribution in [0.2, 0.25) is 0 Å². The first-order valence-corrected chi connectivity index (χ1v) is 6.59. The molecule has 0 atom stereocenters. The van der Waals surface area contributed by atoms with E-state index in [0.717, 1.165) is 12.8 Å². The van der Waals surface area contributed by atoms with E-state index in [1.807, 2.05) is 18.2 Å². The summed E-state index contributed by atoms with van der Waals surface area (Å²) < 4.78 is 5.25. The summed E-state index contributed by atoms with van der Waals surface area (Å²) in [7, 11) is 0. The number of aryl methyl sites for hydroxylation is 1. The molecule has 0 bridgehead atoms. The van der Waals surface area contributed by atoms with Crippen molar-refractivity contribution in [1.82, 2.24) is 0 Å². The Hall–Kier alpha value is -2.09. The highest BCUT2D eigenvalue weighted by Gasteiger charge is 2.05. The zero-order chi connectivity index (χ0) is 13.5. The molecular formula is C17H18O2. The standard InChI is InChI=1S/C17H18O2/c1-2-14-8-10-15(11-9-14)12-13-19-17(18)16-6-4-3-5-7-16/h3-11H,2,12-13H2,1H3. The van der Waals surface area contributed by atoms with E-state index in [0.29, 0.717) is 12.2 Å². The monoisotopic (exact) mass is 254 g/mol. The zero-order valence-electron chi connectivity index (χ0n) is 11.1. The SMILES string of the molecule is CCc1ccc(CCOC(=O)c2ccccc2)cc1. The predicted molar refractivity (Wildman–Crippen MR) is 76.2 cm³/mol. The van der Waals surface area contributed by atoms with Gasteiger partial charge in [-0.3, -0.25) is 0 Å². The molecular weight excluding hydrogens is 236 g/mol. The third kappa shape index (κ3) is 3.95. The molecule has 0 radical (unpaired) electrons. The Morgan fingerprint density at radius 2 is 1.58 bits per heavy atom. The minimum atomic E-state index is -0.259. The molecule has 2 nitrogen and oxygen atoms in total. The van der Waals surface area contributed by atoms with Crippen LogP contribution in [0.15, 0.2) is 54.6 Å². The Balaban J connectivity index is 1.81. The highest BCUT2D eigenvalue weighted by Crippen LogP contribution is 2.07. The molecule has 0 aliphatic rings. The van der Waals surface area contributed by atoms with E-state index in [1.54, 1.807) is 12.1 Å². The van der Waals surface area contributed by atoms with Gasteiger partial charge in [0.2, 0.25) is 0 Å². The number of hydrogen-bond acceptors (Lipinski definition) is 2. The molecule has 0 spiro atoms. The number of esters is 1. The average molecular weight is 254 g/mol. The highest BCUT2D eigenvalue weighted by molar-refractivity contribution is 5.89. The third-order valence-corrected chi connectivity index (χ3v) is 3.06. The third-order valence-electron chi connectivity index (χ3n) is 3.06. The summed E-state index contributed by atoms with van der Waals surface area (Å²) in [5.74, 6) is -0.259. The van der Waals surface area contributed by atoms with Crippen LogP contribution in [-0.4, -0.2) is 12.6 Å². The van der Waals surface area contributed by atoms with Crippen molar-refractivity contribution in [2.24, 2.45) is 0 Å². The van der Waals surface area contributed by atoms with Gasteiger partial charge in [0.15, 0.2) is 0 Å². The Labute approximate surface area is 114 Å². The Kier molecular flexibility index (Phi) is 4.73. The van der Waals surface area contributed by atoms with Crippen molar-refractivity contribution < 1.29 is 9.53 Å². The molecule has 0 saturated carbocycles. The molecule has 0 heterocycles. The van der Waals surface area contributed by atoms with Crippen LogP contribution in [0.3, 0.4) is 0 Å². The Bertz CT molecular complexity index is 515. The van der Waals surface area contributed by atoms with Crippen molar-refractivity contribution in [3.8, 4) is 0 Å². The molecule has 0 aliphatic carbocycles. The molecule has 0 N–H and O–H groups in total. The quantitative estimate of drug-likeness (QED) is 0.761. The van der Waals surface area contributed by atoms with Gasteiger partial charge in [0.1, 0.15) is 0 Å². The number of benzene rings is 2. The van der Waals surface area contributed by atoms with Crippen molar-refractivity contribution in [3.05, 3.63) is 71.3 Å². The van der Waals surface area contributed by atoms with Gasteiger partial charge in [0.25, 0.3) is 0 Å². The molecule has 0 aromatic heterocycles. The van der Waals surface area contributed by atoms with Crippen LogP contribution >= 0.6 is 0 Å². The number of rotatable bonds is 5. The second-order valence-corrected chi connectivity index (χ2v) is 4.42. The van der Waals surface area contributed by atoms with Crippen LogP contribution in [0.1, 0.15) is 28.4 Å². The fourth-order valence-corrected chi connectivity index (χ4v) is 1.86. The van der Waals surface area contributed by atoms with Crippen molar-refractivity contribution in [1.29, 1.82) is 0 Å². The van der Waals surface area contributed by atoms with E-state index >= 15 is 0 Å². The van der Waals surface area contributed by atoms with E-state index < -0.39 is 0 Å². The summed E-state index contributed by atoms with van der Waals surface area (Å²) in [5.41, 5.74) is 3.12. The molecule has 0 aliphatic heterocycles. The van der Waals surface area contributed by atoms with Crippen molar-refractivity contribution in [2.75, 3.05) is 6.61 Å². The summed E-state index contributed by atoms with van der Waals surface area (Å²) in [6.07, 6.45) is 1.80. The van der Waals surface area contributed by atoms with Gasteiger partial charge in [-0.05, 0) is 29.7 Å². The van der Waals surface area contributed by atoms with E-state index in [-0.39, 0.29) is 5.97 Å². The topological polar surface area (TPSA) is 26.3 Å². The van der Waals surface area contributed by atoms with E-state index in [2.05, 4.69) is 31.2 Å². The summed E-state index contributed by atoms with van der Waals surface area (Å²) in [5, 5.41) is 0. The maximum Gasteiger partial charge on any atom is 0.338 e. The molecule has 19 heavy (non-hydrogen) atoms. The van der Waals surface area contributed by atoms with Gasteiger partial charge in [0, 0.05) is 6.42 Å². The normalized spacial score (nSPS) is 10.2. The van der Waals surface area contributed by atoms with Crippen LogP contribution in [-0.2, 0) is 17.6 Å². The minimum Gasteiger partial charge on any atom is -0.462 e. The second-order valence-electron chi connectivity index (χ2n) is 4.42. The average Bonchev–Trinajstić information content (AvgIpc) is 2.49. The molecule has 0 fully saturated rings. The maximum absolute atomic E-state index is 11.7. The smallest absolute Gasteiger partial charge is 0.338 e. The first kappa shape index (κ1) is 13.3. The van der Waals surface area contributed by atoms with Gasteiger partial charge in [0.05, 0.1) is 12.2 Å². The summed E-state index contributed by atoms with van der Waals surface area (Å²) in [6, 6.07) is 17.5. The van der Waals surface area contributed by atoms with Gasteiger partial charge >= 0.3 is 5.97 Å². The minimum absolute atomic E-state index is 0.259. The lowest BCUT2D eigenvalue weighted by Gasteiger charge is -2.05. The van der Waals surface area contributed by atoms with Crippen molar-refractivity contribution in [2.45, 2.75) is 19.8 Å². The highest BCUT2D eigenvalue weighted by atomic mass is 16.5. The van der Waals surface area contributed by atoms with E-state index in [9.17, 15) is 4.79 Å². The molecule has 0 amide bonds. The number of hydrogen-bond donors (Lipinski definition) is 0. The van der Waals surface area contributed by atoms with Crippen molar-refractivity contribution >= 4 is 5.97 Å². The molecule has 2 aromatic carbocycles. The molecule has 2 heteroatoms. The molecule has 2 aromatic rings. The van der Waals surface area contributed by atoms with Gasteiger partial charge in [-0.2, -0.15) is 0 Å². The van der Waals surface area contributed by atoms with Gasteiger partial charge < -0.3 is 4.74 Å². The maximum atomic E-state index is 11.7. The number of carbonyl (C=O) groups is 1. The lowest BCUT2D eigenvalue weighted by atomic mass is 10.1. The van der Waals surface area contributed by atoms with Crippen LogP contribution < -0.4 is 0 Å². The zero-order valence-corrected chi connectivity index (χ0v) is 11.1. The van der Waals surface area contributed by atoms with Crippen LogP contribution in [0, 0.1) is 0 Å². The Morgan fingerprint density at radius 3 is 2.21 bits per heavy atom. The Morgan fingerprint density at radius 1 is 0.947 bits per heavy atom. The summed E-state index contributed by atoms with van der Waals surface area (Å²) in [6.45, 7) is 2.55. The van der Waals surface area contributed by atoms with Crippen molar-refractivity contribution in [3.63, 3.8) is 0 Å². The van der Waals surface area contributed by atoms with Gasteiger partial charge in [-0.1, -0.05) is 49.4 Å². The lowest BCUT2D eigenvalue weighted by molar-refractivity contribution is 0.0509. The molecule has 0 saturated heterocycles. The van der Waals surface area contributed by atoms with E-state index in [1.165, 1.54) is 11.1 Å². The second kappa shape index (κ2) is 6.74. The van der Waals surface area contributed by atoms with Crippen LogP contribution in [0.4, 0.5) is 0 Å². The largest absolute Gasteiger partial charge is 0.462 e. The van der Waals surface area contributed by atoms with E-state index in [4.69, 9.17) is 4.74 Å². The summed E-state index contributed by atoms with van der Waals surface area (Å²) >= 11 is 0. The first-order valence-electron chi connectivity index (χ1n) is 6.59. The molecule has 0 unspecified atom stereocenters. The molecule has 2 rings (SSSR count). The fraction of sp³-hybridized carbons (Fsp3) is 0.235.